The number of nitrogen functional groups attached to an aromatic ring is 1. The van der Waals surface area contributed by atoms with Crippen molar-refractivity contribution in [3.63, 3.8) is 0 Å². The normalized spacial score (nSPS) is 10.7. The molecule has 0 atom stereocenters. The summed E-state index contributed by atoms with van der Waals surface area (Å²) >= 11 is 0. The highest BCUT2D eigenvalue weighted by Gasteiger charge is 2.01. The molecule has 0 aliphatic heterocycles. The lowest BCUT2D eigenvalue weighted by molar-refractivity contribution is -0.107. The predicted octanol–water partition coefficient (Wildman–Crippen LogP) is 2.32. The van der Waals surface area contributed by atoms with Gasteiger partial charge < -0.3 is 10.5 Å². The summed E-state index contributed by atoms with van der Waals surface area (Å²) in [5, 5.41) is 0. The van der Waals surface area contributed by atoms with Gasteiger partial charge in [0.05, 0.1) is 0 Å². The van der Waals surface area contributed by atoms with Gasteiger partial charge in [0.15, 0.2) is 0 Å². The summed E-state index contributed by atoms with van der Waals surface area (Å²) in [7, 11) is 0. The predicted molar refractivity (Wildman–Crippen MR) is 55.3 cm³/mol. The maximum absolute atomic E-state index is 12.9. The number of rotatable bonds is 3. The quantitative estimate of drug-likeness (QED) is 0.591. The van der Waals surface area contributed by atoms with Gasteiger partial charge >= 0.3 is 0 Å². The van der Waals surface area contributed by atoms with Crippen molar-refractivity contribution in [2.45, 2.75) is 13.3 Å². The van der Waals surface area contributed by atoms with E-state index in [1.807, 2.05) is 6.92 Å². The summed E-state index contributed by atoms with van der Waals surface area (Å²) in [5.41, 5.74) is 7.55. The van der Waals surface area contributed by atoms with Crippen molar-refractivity contribution in [1.29, 1.82) is 0 Å². The highest BCUT2D eigenvalue weighted by atomic mass is 19.1. The summed E-state index contributed by atoms with van der Waals surface area (Å²) in [6.45, 7) is 1.81. The van der Waals surface area contributed by atoms with Gasteiger partial charge in [0, 0.05) is 12.1 Å². The van der Waals surface area contributed by atoms with Gasteiger partial charge in [-0.1, -0.05) is 12.2 Å². The second-order valence-corrected chi connectivity index (χ2v) is 3.01. The van der Waals surface area contributed by atoms with E-state index in [9.17, 15) is 9.18 Å². The smallest absolute Gasteiger partial charge is 0.125 e. The Labute approximate surface area is 82.2 Å². The van der Waals surface area contributed by atoms with Gasteiger partial charge in [-0.25, -0.2) is 4.39 Å². The summed E-state index contributed by atoms with van der Waals surface area (Å²) in [6, 6.07) is 2.68. The fraction of sp³-hybridized carbons (Fsp3) is 0.182. The van der Waals surface area contributed by atoms with Gasteiger partial charge in [0.2, 0.25) is 0 Å². The lowest BCUT2D eigenvalue weighted by atomic mass is 10.1. The van der Waals surface area contributed by atoms with Crippen LogP contribution in [0.4, 0.5) is 10.1 Å². The highest BCUT2D eigenvalue weighted by Crippen LogP contribution is 2.19. The monoisotopic (exact) mass is 193 g/mol. The number of aldehydes is 1. The van der Waals surface area contributed by atoms with E-state index >= 15 is 0 Å². The lowest BCUT2D eigenvalue weighted by Crippen LogP contribution is -1.93. The standard InChI is InChI=1S/C11H12FNO/c1-8-9(4-2-3-5-14)6-10(12)7-11(8)13/h2,4-7H,3,13H2,1H3. The van der Waals surface area contributed by atoms with Crippen LogP contribution in [-0.2, 0) is 4.79 Å². The lowest BCUT2D eigenvalue weighted by Gasteiger charge is -2.04. The molecule has 1 rings (SSSR count). The third-order valence-corrected chi connectivity index (χ3v) is 1.98. The number of halogens is 1. The van der Waals surface area contributed by atoms with Crippen molar-refractivity contribution in [3.05, 3.63) is 35.2 Å². The van der Waals surface area contributed by atoms with E-state index in [0.717, 1.165) is 11.8 Å². The molecule has 0 spiro atoms. The molecule has 2 nitrogen and oxygen atoms in total. The Balaban J connectivity index is 3.01. The second-order valence-electron chi connectivity index (χ2n) is 3.01. The molecule has 0 radical (unpaired) electrons. The van der Waals surface area contributed by atoms with Crippen molar-refractivity contribution in [3.8, 4) is 0 Å². The maximum atomic E-state index is 12.9. The summed E-state index contributed by atoms with van der Waals surface area (Å²) in [6.07, 6.45) is 4.49. The molecule has 2 N–H and O–H groups in total. The van der Waals surface area contributed by atoms with E-state index < -0.39 is 0 Å². The zero-order valence-corrected chi connectivity index (χ0v) is 7.96. The Kier molecular flexibility index (Phi) is 3.40. The third-order valence-electron chi connectivity index (χ3n) is 1.98. The zero-order chi connectivity index (χ0) is 10.6. The van der Waals surface area contributed by atoms with Crippen LogP contribution in [0.15, 0.2) is 18.2 Å². The van der Waals surface area contributed by atoms with E-state index in [1.54, 1.807) is 12.2 Å². The van der Waals surface area contributed by atoms with Crippen molar-refractivity contribution >= 4 is 18.0 Å². The number of anilines is 1. The molecule has 0 amide bonds. The molecule has 0 unspecified atom stereocenters. The molecule has 0 saturated heterocycles. The largest absolute Gasteiger partial charge is 0.398 e. The average Bonchev–Trinajstić information content (AvgIpc) is 2.13. The van der Waals surface area contributed by atoms with Gasteiger partial charge in [-0.15, -0.1) is 0 Å². The zero-order valence-electron chi connectivity index (χ0n) is 7.96. The minimum Gasteiger partial charge on any atom is -0.398 e. The van der Waals surface area contributed by atoms with Crippen LogP contribution in [0, 0.1) is 12.7 Å². The summed E-state index contributed by atoms with van der Waals surface area (Å²) < 4.78 is 12.9. The van der Waals surface area contributed by atoms with E-state index in [2.05, 4.69) is 0 Å². The van der Waals surface area contributed by atoms with E-state index in [4.69, 9.17) is 5.73 Å². The maximum Gasteiger partial charge on any atom is 0.125 e. The molecule has 0 aliphatic rings. The fourth-order valence-corrected chi connectivity index (χ4v) is 1.15. The number of nitrogens with two attached hydrogens (primary N) is 1. The molecule has 0 fully saturated rings. The number of allylic oxidation sites excluding steroid dienone is 1. The first-order valence-electron chi connectivity index (χ1n) is 4.31. The minimum absolute atomic E-state index is 0.329. The average molecular weight is 193 g/mol. The van der Waals surface area contributed by atoms with Gasteiger partial charge in [-0.2, -0.15) is 0 Å². The van der Waals surface area contributed by atoms with Crippen molar-refractivity contribution in [1.82, 2.24) is 0 Å². The molecule has 0 aromatic heterocycles. The summed E-state index contributed by atoms with van der Waals surface area (Å²) in [4.78, 5) is 10.1. The molecule has 74 valence electrons. The number of carbonyl (C=O) groups excluding carboxylic acids is 1. The van der Waals surface area contributed by atoms with E-state index in [1.165, 1.54) is 12.1 Å². The molecular formula is C11H12FNO. The topological polar surface area (TPSA) is 43.1 Å². The van der Waals surface area contributed by atoms with Crippen LogP contribution in [0.1, 0.15) is 17.5 Å². The fourth-order valence-electron chi connectivity index (χ4n) is 1.15. The van der Waals surface area contributed by atoms with Crippen LogP contribution in [-0.4, -0.2) is 6.29 Å². The Hall–Kier alpha value is -1.64. The van der Waals surface area contributed by atoms with Crippen LogP contribution in [0.5, 0.6) is 0 Å². The Morgan fingerprint density at radius 1 is 1.50 bits per heavy atom. The summed E-state index contributed by atoms with van der Waals surface area (Å²) in [5.74, 6) is -0.362. The first-order valence-corrected chi connectivity index (χ1v) is 4.31. The van der Waals surface area contributed by atoms with Gasteiger partial charge in [-0.05, 0) is 30.2 Å². The molecule has 3 heteroatoms. The molecule has 0 heterocycles. The first kappa shape index (κ1) is 10.4. The van der Waals surface area contributed by atoms with E-state index in [-0.39, 0.29) is 5.82 Å². The van der Waals surface area contributed by atoms with Gasteiger partial charge in [0.25, 0.3) is 0 Å². The highest BCUT2D eigenvalue weighted by molar-refractivity contribution is 5.64. The molecule has 1 aromatic rings. The number of benzene rings is 1. The SMILES string of the molecule is Cc1c(N)cc(F)cc1C=CCC=O. The minimum atomic E-state index is -0.362. The van der Waals surface area contributed by atoms with Crippen molar-refractivity contribution < 1.29 is 9.18 Å². The second kappa shape index (κ2) is 4.56. The van der Waals surface area contributed by atoms with Crippen molar-refractivity contribution in [2.75, 3.05) is 5.73 Å². The molecule has 1 aromatic carbocycles. The van der Waals surface area contributed by atoms with Crippen LogP contribution in [0.25, 0.3) is 6.08 Å². The molecule has 0 bridgehead atoms. The van der Waals surface area contributed by atoms with Crippen molar-refractivity contribution in [2.24, 2.45) is 0 Å². The molecule has 0 aliphatic carbocycles. The van der Waals surface area contributed by atoms with Gasteiger partial charge in [-0.3, -0.25) is 0 Å². The Bertz CT molecular complexity index is 372. The van der Waals surface area contributed by atoms with Crippen LogP contribution in [0.3, 0.4) is 0 Å². The van der Waals surface area contributed by atoms with E-state index in [0.29, 0.717) is 17.7 Å². The molecule has 14 heavy (non-hydrogen) atoms. The van der Waals surface area contributed by atoms with Crippen LogP contribution >= 0.6 is 0 Å². The molecular weight excluding hydrogens is 181 g/mol. The van der Waals surface area contributed by atoms with Crippen LogP contribution in [0.2, 0.25) is 0 Å². The molecule has 0 saturated carbocycles. The first-order chi connectivity index (χ1) is 6.65. The number of hydrogen-bond acceptors (Lipinski definition) is 2. The third kappa shape index (κ3) is 2.42. The Morgan fingerprint density at radius 3 is 2.86 bits per heavy atom. The van der Waals surface area contributed by atoms with Gasteiger partial charge in [0.1, 0.15) is 12.1 Å². The number of hydrogen-bond donors (Lipinski definition) is 1. The number of carbonyl (C=O) groups is 1. The van der Waals surface area contributed by atoms with Crippen LogP contribution < -0.4 is 5.73 Å². The Morgan fingerprint density at radius 2 is 2.21 bits per heavy atom.